The Morgan fingerprint density at radius 1 is 1.21 bits per heavy atom. The van der Waals surface area contributed by atoms with E-state index in [4.69, 9.17) is 23.8 Å². The molecule has 2 aromatic carbocycles. The zero-order chi connectivity index (χ0) is 17.1. The Bertz CT molecular complexity index is 913. The molecule has 0 fully saturated rings. The van der Waals surface area contributed by atoms with Crippen molar-refractivity contribution in [2.75, 3.05) is 5.32 Å². The molecule has 122 valence electrons. The van der Waals surface area contributed by atoms with Crippen LogP contribution in [-0.2, 0) is 11.3 Å². The highest BCUT2D eigenvalue weighted by molar-refractivity contribution is 7.71. The van der Waals surface area contributed by atoms with E-state index in [1.165, 1.54) is 0 Å². The van der Waals surface area contributed by atoms with E-state index in [-0.39, 0.29) is 12.5 Å². The van der Waals surface area contributed by atoms with Gasteiger partial charge in [-0.3, -0.25) is 14.5 Å². The summed E-state index contributed by atoms with van der Waals surface area (Å²) in [4.78, 5) is 12.3. The average molecular weight is 359 g/mol. The first kappa shape index (κ1) is 16.4. The zero-order valence-electron chi connectivity index (χ0n) is 12.9. The van der Waals surface area contributed by atoms with Crippen LogP contribution in [0, 0.1) is 11.7 Å². The van der Waals surface area contributed by atoms with Crippen LogP contribution in [0.15, 0.2) is 48.5 Å². The van der Waals surface area contributed by atoms with E-state index in [9.17, 15) is 4.79 Å². The second kappa shape index (κ2) is 6.98. The number of aromatic nitrogens is 3. The predicted molar refractivity (Wildman–Crippen MR) is 97.7 cm³/mol. The fourth-order valence-electron chi connectivity index (χ4n) is 2.26. The van der Waals surface area contributed by atoms with Crippen LogP contribution in [0.4, 0.5) is 5.69 Å². The Hall–Kier alpha value is -2.44. The van der Waals surface area contributed by atoms with E-state index in [0.717, 1.165) is 11.1 Å². The summed E-state index contributed by atoms with van der Waals surface area (Å²) in [6, 6.07) is 14.8. The van der Waals surface area contributed by atoms with Crippen molar-refractivity contribution in [3.8, 4) is 11.4 Å². The van der Waals surface area contributed by atoms with Crippen molar-refractivity contribution in [3.63, 3.8) is 0 Å². The van der Waals surface area contributed by atoms with Gasteiger partial charge in [-0.05, 0) is 43.4 Å². The van der Waals surface area contributed by atoms with Crippen molar-refractivity contribution >= 4 is 35.4 Å². The zero-order valence-corrected chi connectivity index (χ0v) is 14.5. The number of aryl methyl sites for hydroxylation is 1. The number of aromatic amines is 1. The maximum Gasteiger partial charge on any atom is 0.244 e. The minimum atomic E-state index is -0.191. The Morgan fingerprint density at radius 2 is 1.88 bits per heavy atom. The summed E-state index contributed by atoms with van der Waals surface area (Å²) in [5.74, 6) is 0.439. The molecule has 0 spiro atoms. The predicted octanol–water partition coefficient (Wildman–Crippen LogP) is 4.21. The summed E-state index contributed by atoms with van der Waals surface area (Å²) in [5, 5.41) is 10.4. The quantitative estimate of drug-likeness (QED) is 0.687. The number of hydrogen-bond acceptors (Lipinski definition) is 3. The lowest BCUT2D eigenvalue weighted by molar-refractivity contribution is -0.116. The molecule has 5 nitrogen and oxygen atoms in total. The molecule has 0 aliphatic carbocycles. The molecule has 1 amide bonds. The van der Waals surface area contributed by atoms with Gasteiger partial charge in [0.1, 0.15) is 6.54 Å². The van der Waals surface area contributed by atoms with Gasteiger partial charge >= 0.3 is 0 Å². The lowest BCUT2D eigenvalue weighted by Gasteiger charge is -2.08. The molecule has 3 aromatic rings. The lowest BCUT2D eigenvalue weighted by Crippen LogP contribution is -2.19. The number of nitrogens with one attached hydrogen (secondary N) is 2. The number of amides is 1. The summed E-state index contributed by atoms with van der Waals surface area (Å²) in [6.07, 6.45) is 0. The van der Waals surface area contributed by atoms with Gasteiger partial charge < -0.3 is 5.32 Å². The van der Waals surface area contributed by atoms with Gasteiger partial charge in [-0.25, -0.2) is 0 Å². The molecule has 0 saturated carbocycles. The largest absolute Gasteiger partial charge is 0.325 e. The van der Waals surface area contributed by atoms with Gasteiger partial charge in [0.05, 0.1) is 0 Å². The molecule has 0 aliphatic heterocycles. The van der Waals surface area contributed by atoms with Crippen LogP contribution in [0.5, 0.6) is 0 Å². The third kappa shape index (κ3) is 3.72. The van der Waals surface area contributed by atoms with Crippen LogP contribution in [0.1, 0.15) is 5.56 Å². The van der Waals surface area contributed by atoms with Crippen molar-refractivity contribution in [2.45, 2.75) is 13.5 Å². The summed E-state index contributed by atoms with van der Waals surface area (Å²) >= 11 is 11.1. The highest BCUT2D eigenvalue weighted by atomic mass is 35.5. The number of nitrogens with zero attached hydrogens (tertiary/aromatic N) is 2. The van der Waals surface area contributed by atoms with Crippen LogP contribution in [0.3, 0.4) is 0 Å². The van der Waals surface area contributed by atoms with E-state index < -0.39 is 0 Å². The van der Waals surface area contributed by atoms with E-state index in [1.54, 1.807) is 28.8 Å². The van der Waals surface area contributed by atoms with E-state index in [1.807, 2.05) is 31.2 Å². The molecule has 0 unspecified atom stereocenters. The number of carbonyl (C=O) groups is 1. The molecule has 0 radical (unpaired) electrons. The topological polar surface area (TPSA) is 62.7 Å². The van der Waals surface area contributed by atoms with E-state index in [2.05, 4.69) is 15.5 Å². The summed E-state index contributed by atoms with van der Waals surface area (Å²) in [7, 11) is 0. The molecule has 0 bridgehead atoms. The Kier molecular flexibility index (Phi) is 4.78. The summed E-state index contributed by atoms with van der Waals surface area (Å²) in [5.41, 5.74) is 2.73. The lowest BCUT2D eigenvalue weighted by atomic mass is 10.1. The van der Waals surface area contributed by atoms with Crippen molar-refractivity contribution in [2.24, 2.45) is 0 Å². The Labute approximate surface area is 149 Å². The maximum atomic E-state index is 12.3. The molecule has 2 N–H and O–H groups in total. The second-order valence-electron chi connectivity index (χ2n) is 5.36. The van der Waals surface area contributed by atoms with Gasteiger partial charge in [-0.15, -0.1) is 0 Å². The number of rotatable bonds is 4. The molecular weight excluding hydrogens is 344 g/mol. The second-order valence-corrected chi connectivity index (χ2v) is 6.18. The molecule has 0 saturated heterocycles. The highest BCUT2D eigenvalue weighted by Gasteiger charge is 2.12. The van der Waals surface area contributed by atoms with Gasteiger partial charge in [-0.1, -0.05) is 41.4 Å². The van der Waals surface area contributed by atoms with Crippen LogP contribution in [0.25, 0.3) is 11.4 Å². The van der Waals surface area contributed by atoms with E-state index in [0.29, 0.717) is 21.3 Å². The first-order chi connectivity index (χ1) is 11.5. The van der Waals surface area contributed by atoms with Gasteiger partial charge in [0.15, 0.2) is 10.6 Å². The van der Waals surface area contributed by atoms with Crippen molar-refractivity contribution in [3.05, 3.63) is 63.9 Å². The minimum absolute atomic E-state index is 0.0706. The third-order valence-corrected chi connectivity index (χ3v) is 4.06. The fraction of sp³-hybridized carbons (Fsp3) is 0.118. The van der Waals surface area contributed by atoms with Gasteiger partial charge in [0.25, 0.3) is 0 Å². The van der Waals surface area contributed by atoms with Crippen molar-refractivity contribution < 1.29 is 4.79 Å². The summed E-state index contributed by atoms with van der Waals surface area (Å²) in [6.45, 7) is 2.08. The SMILES string of the molecule is Cc1ccc(-c2n[nH]c(=S)n2CC(=O)Nc2ccc(Cl)cc2)cc1. The first-order valence-corrected chi connectivity index (χ1v) is 8.09. The molecule has 3 rings (SSSR count). The number of benzene rings is 2. The van der Waals surface area contributed by atoms with Gasteiger partial charge in [0, 0.05) is 16.3 Å². The number of halogens is 1. The van der Waals surface area contributed by atoms with Crippen LogP contribution >= 0.6 is 23.8 Å². The third-order valence-electron chi connectivity index (χ3n) is 3.50. The standard InChI is InChI=1S/C17H15ClN4OS/c1-11-2-4-12(5-3-11)16-20-21-17(24)22(16)10-15(23)19-14-8-6-13(18)7-9-14/h2-9H,10H2,1H3,(H,19,23)(H,21,24). The monoisotopic (exact) mass is 358 g/mol. The van der Waals surface area contributed by atoms with E-state index >= 15 is 0 Å². The van der Waals surface area contributed by atoms with Crippen LogP contribution in [-0.4, -0.2) is 20.7 Å². The Morgan fingerprint density at radius 3 is 2.54 bits per heavy atom. The summed E-state index contributed by atoms with van der Waals surface area (Å²) < 4.78 is 2.07. The number of carbonyl (C=O) groups excluding carboxylic acids is 1. The molecular formula is C17H15ClN4OS. The van der Waals surface area contributed by atoms with Crippen LogP contribution in [0.2, 0.25) is 5.02 Å². The molecule has 7 heteroatoms. The first-order valence-electron chi connectivity index (χ1n) is 7.30. The average Bonchev–Trinajstić information content (AvgIpc) is 2.91. The molecule has 0 atom stereocenters. The number of hydrogen-bond donors (Lipinski definition) is 2. The molecule has 1 aromatic heterocycles. The maximum absolute atomic E-state index is 12.3. The van der Waals surface area contributed by atoms with Gasteiger partial charge in [0.2, 0.25) is 5.91 Å². The molecule has 0 aliphatic rings. The molecule has 24 heavy (non-hydrogen) atoms. The fourth-order valence-corrected chi connectivity index (χ4v) is 2.59. The number of anilines is 1. The molecule has 1 heterocycles. The smallest absolute Gasteiger partial charge is 0.244 e. The minimum Gasteiger partial charge on any atom is -0.325 e. The van der Waals surface area contributed by atoms with Crippen LogP contribution < -0.4 is 5.32 Å². The normalized spacial score (nSPS) is 10.6. The van der Waals surface area contributed by atoms with Crippen molar-refractivity contribution in [1.29, 1.82) is 0 Å². The highest BCUT2D eigenvalue weighted by Crippen LogP contribution is 2.18. The van der Waals surface area contributed by atoms with Gasteiger partial charge in [-0.2, -0.15) is 5.10 Å². The Balaban J connectivity index is 1.81. The van der Waals surface area contributed by atoms with Crippen molar-refractivity contribution in [1.82, 2.24) is 14.8 Å². The number of H-pyrrole nitrogens is 1.